The molecule has 2 atom stereocenters. The molecule has 0 bridgehead atoms. The van der Waals surface area contributed by atoms with Gasteiger partial charge >= 0.3 is 6.01 Å². The first-order chi connectivity index (χ1) is 13.5. The van der Waals surface area contributed by atoms with Crippen molar-refractivity contribution in [2.75, 3.05) is 45.2 Å². The molecule has 28 heavy (non-hydrogen) atoms. The number of aromatic nitrogens is 2. The zero-order valence-corrected chi connectivity index (χ0v) is 17.5. The van der Waals surface area contributed by atoms with E-state index in [0.717, 1.165) is 50.5 Å². The molecule has 2 aliphatic rings. The third kappa shape index (κ3) is 4.33. The summed E-state index contributed by atoms with van der Waals surface area (Å²) in [5, 5.41) is 12.3. The molecule has 7 nitrogen and oxygen atoms in total. The fourth-order valence-corrected chi connectivity index (χ4v) is 4.07. The van der Waals surface area contributed by atoms with Crippen LogP contribution in [-0.2, 0) is 11.3 Å². The largest absolute Gasteiger partial charge is 0.407 e. The van der Waals surface area contributed by atoms with Gasteiger partial charge in [0.1, 0.15) is 0 Å². The van der Waals surface area contributed by atoms with E-state index in [2.05, 4.69) is 52.3 Å². The fourth-order valence-electron chi connectivity index (χ4n) is 3.83. The number of piperazine rings is 1. The van der Waals surface area contributed by atoms with Crippen molar-refractivity contribution in [3.05, 3.63) is 34.2 Å². The molecule has 0 amide bonds. The SMILES string of the molecule is Cc1c(CN2CCN(C)[C@@H](C)C2)cc(Cl)cc1Nc1nnc(C2CCOC2)o1. The maximum atomic E-state index is 6.42. The van der Waals surface area contributed by atoms with Crippen molar-refractivity contribution in [1.82, 2.24) is 20.0 Å². The molecule has 2 aliphatic heterocycles. The second-order valence-corrected chi connectivity index (χ2v) is 8.37. The standard InChI is InChI=1S/C20H28ClN5O2/c1-13-10-26(6-5-25(13)3)11-16-8-17(21)9-18(14(16)2)22-20-24-23-19(28-20)15-4-7-27-12-15/h8-9,13,15H,4-7,10-12H2,1-3H3,(H,22,24)/t13-,15?/m0/s1. The molecule has 8 heteroatoms. The maximum absolute atomic E-state index is 6.42. The normalized spacial score (nSPS) is 24.0. The molecule has 0 spiro atoms. The Bertz CT molecular complexity index is 821. The van der Waals surface area contributed by atoms with Crippen molar-refractivity contribution >= 4 is 23.3 Å². The van der Waals surface area contributed by atoms with E-state index >= 15 is 0 Å². The summed E-state index contributed by atoms with van der Waals surface area (Å²) in [6, 6.07) is 4.92. The highest BCUT2D eigenvalue weighted by Gasteiger charge is 2.24. The molecule has 1 N–H and O–H groups in total. The number of nitrogens with zero attached hydrogens (tertiary/aromatic N) is 4. The van der Waals surface area contributed by atoms with Gasteiger partial charge in [-0.2, -0.15) is 0 Å². The van der Waals surface area contributed by atoms with Crippen molar-refractivity contribution < 1.29 is 9.15 Å². The zero-order valence-electron chi connectivity index (χ0n) is 16.7. The number of halogens is 1. The van der Waals surface area contributed by atoms with Crippen LogP contribution in [0, 0.1) is 6.92 Å². The van der Waals surface area contributed by atoms with Crippen molar-refractivity contribution in [3.63, 3.8) is 0 Å². The fraction of sp³-hybridized carbons (Fsp3) is 0.600. The van der Waals surface area contributed by atoms with Gasteiger partial charge in [-0.25, -0.2) is 0 Å². The quantitative estimate of drug-likeness (QED) is 0.817. The summed E-state index contributed by atoms with van der Waals surface area (Å²) >= 11 is 6.42. The molecule has 1 unspecified atom stereocenters. The summed E-state index contributed by atoms with van der Waals surface area (Å²) in [4.78, 5) is 4.88. The lowest BCUT2D eigenvalue weighted by molar-refractivity contribution is 0.0999. The molecular weight excluding hydrogens is 378 g/mol. The first-order valence-corrected chi connectivity index (χ1v) is 10.3. The van der Waals surface area contributed by atoms with Crippen LogP contribution in [0.15, 0.2) is 16.5 Å². The summed E-state index contributed by atoms with van der Waals surface area (Å²) in [5.41, 5.74) is 3.28. The minimum absolute atomic E-state index is 0.193. The topological polar surface area (TPSA) is 66.7 Å². The number of rotatable bonds is 5. The molecule has 2 fully saturated rings. The molecular formula is C20H28ClN5O2. The van der Waals surface area contributed by atoms with Crippen LogP contribution in [0.3, 0.4) is 0 Å². The van der Waals surface area contributed by atoms with Gasteiger partial charge in [0.15, 0.2) is 0 Å². The van der Waals surface area contributed by atoms with Crippen molar-refractivity contribution in [2.45, 2.75) is 38.8 Å². The second-order valence-electron chi connectivity index (χ2n) is 7.93. The Labute approximate surface area is 171 Å². The summed E-state index contributed by atoms with van der Waals surface area (Å²) in [6.07, 6.45) is 0.922. The number of hydrogen-bond donors (Lipinski definition) is 1. The van der Waals surface area contributed by atoms with Crippen LogP contribution < -0.4 is 5.32 Å². The molecule has 0 aliphatic carbocycles. The summed E-state index contributed by atoms with van der Waals surface area (Å²) in [5.74, 6) is 0.824. The van der Waals surface area contributed by atoms with E-state index in [9.17, 15) is 0 Å². The van der Waals surface area contributed by atoms with Crippen LogP contribution in [-0.4, -0.2) is 65.9 Å². The lowest BCUT2D eigenvalue weighted by Gasteiger charge is -2.38. The van der Waals surface area contributed by atoms with E-state index in [1.54, 1.807) is 0 Å². The Balaban J connectivity index is 1.49. The van der Waals surface area contributed by atoms with Gasteiger partial charge in [0.25, 0.3) is 0 Å². The molecule has 1 aromatic carbocycles. The molecule has 4 rings (SSSR count). The zero-order chi connectivity index (χ0) is 19.7. The minimum Gasteiger partial charge on any atom is -0.407 e. The number of hydrogen-bond acceptors (Lipinski definition) is 7. The second kappa shape index (κ2) is 8.37. The Kier molecular flexibility index (Phi) is 5.87. The van der Waals surface area contributed by atoms with Gasteiger partial charge in [-0.3, -0.25) is 4.90 Å². The molecule has 0 saturated carbocycles. The van der Waals surface area contributed by atoms with Crippen molar-refractivity contribution in [2.24, 2.45) is 0 Å². The molecule has 2 aromatic rings. The van der Waals surface area contributed by atoms with Crippen molar-refractivity contribution in [1.29, 1.82) is 0 Å². The number of anilines is 2. The molecule has 1 aromatic heterocycles. The monoisotopic (exact) mass is 405 g/mol. The van der Waals surface area contributed by atoms with Crippen LogP contribution in [0.25, 0.3) is 0 Å². The number of likely N-dealkylation sites (N-methyl/N-ethyl adjacent to an activating group) is 1. The summed E-state index contributed by atoms with van der Waals surface area (Å²) in [6.45, 7) is 9.86. The maximum Gasteiger partial charge on any atom is 0.320 e. The number of benzene rings is 1. The van der Waals surface area contributed by atoms with Gasteiger partial charge in [-0.05, 0) is 50.6 Å². The van der Waals surface area contributed by atoms with E-state index < -0.39 is 0 Å². The third-order valence-corrected chi connectivity index (χ3v) is 6.10. The highest BCUT2D eigenvalue weighted by atomic mass is 35.5. The number of nitrogens with one attached hydrogen (secondary N) is 1. The predicted octanol–water partition coefficient (Wildman–Crippen LogP) is 3.41. The van der Waals surface area contributed by atoms with E-state index in [-0.39, 0.29) is 5.92 Å². The van der Waals surface area contributed by atoms with Gasteiger partial charge in [0.2, 0.25) is 5.89 Å². The molecule has 3 heterocycles. The molecule has 2 saturated heterocycles. The van der Waals surface area contributed by atoms with Crippen LogP contribution in [0.2, 0.25) is 5.02 Å². The van der Waals surface area contributed by atoms with Gasteiger partial charge in [0, 0.05) is 49.5 Å². The average Bonchev–Trinajstić information content (AvgIpc) is 3.33. The van der Waals surface area contributed by atoms with E-state index in [1.165, 1.54) is 5.56 Å². The van der Waals surface area contributed by atoms with Crippen LogP contribution in [0.4, 0.5) is 11.7 Å². The number of ether oxygens (including phenoxy) is 1. The molecule has 152 valence electrons. The van der Waals surface area contributed by atoms with Gasteiger partial charge < -0.3 is 19.4 Å². The first-order valence-electron chi connectivity index (χ1n) is 9.89. The Morgan fingerprint density at radius 1 is 1.29 bits per heavy atom. The van der Waals surface area contributed by atoms with Gasteiger partial charge in [0.05, 0.1) is 12.5 Å². The van der Waals surface area contributed by atoms with Crippen LogP contribution >= 0.6 is 11.6 Å². The Morgan fingerprint density at radius 3 is 2.89 bits per heavy atom. The highest BCUT2D eigenvalue weighted by molar-refractivity contribution is 6.31. The molecule has 0 radical (unpaired) electrons. The van der Waals surface area contributed by atoms with Gasteiger partial charge in [-0.15, -0.1) is 5.10 Å². The summed E-state index contributed by atoms with van der Waals surface area (Å²) < 4.78 is 11.2. The van der Waals surface area contributed by atoms with E-state index in [4.69, 9.17) is 20.8 Å². The first kappa shape index (κ1) is 19.6. The Hall–Kier alpha value is -1.67. The lowest BCUT2D eigenvalue weighted by atomic mass is 10.0. The van der Waals surface area contributed by atoms with Gasteiger partial charge in [-0.1, -0.05) is 16.7 Å². The lowest BCUT2D eigenvalue weighted by Crippen LogP contribution is -2.49. The van der Waals surface area contributed by atoms with Crippen LogP contribution in [0.1, 0.15) is 36.3 Å². The minimum atomic E-state index is 0.193. The van der Waals surface area contributed by atoms with E-state index in [1.807, 2.05) is 6.07 Å². The van der Waals surface area contributed by atoms with E-state index in [0.29, 0.717) is 29.6 Å². The Morgan fingerprint density at radius 2 is 2.14 bits per heavy atom. The average molecular weight is 406 g/mol. The summed E-state index contributed by atoms with van der Waals surface area (Å²) in [7, 11) is 2.19. The smallest absolute Gasteiger partial charge is 0.320 e. The van der Waals surface area contributed by atoms with Crippen LogP contribution in [0.5, 0.6) is 0 Å². The predicted molar refractivity (Wildman–Crippen MR) is 109 cm³/mol. The van der Waals surface area contributed by atoms with Crippen molar-refractivity contribution in [3.8, 4) is 0 Å². The highest BCUT2D eigenvalue weighted by Crippen LogP contribution is 2.30. The third-order valence-electron chi connectivity index (χ3n) is 5.88.